The summed E-state index contributed by atoms with van der Waals surface area (Å²) < 4.78 is 0. The molecule has 0 saturated carbocycles. The zero-order valence-corrected chi connectivity index (χ0v) is 8.09. The highest BCUT2D eigenvalue weighted by molar-refractivity contribution is 7.17. The Morgan fingerprint density at radius 1 is 1.38 bits per heavy atom. The lowest BCUT2D eigenvalue weighted by Crippen LogP contribution is -2.25. The van der Waals surface area contributed by atoms with Crippen molar-refractivity contribution in [2.45, 2.75) is 6.42 Å². The number of hydrogen-bond donors (Lipinski definition) is 0. The van der Waals surface area contributed by atoms with Crippen LogP contribution in [0, 0.1) is 0 Å². The van der Waals surface area contributed by atoms with Crippen LogP contribution in [0.5, 0.6) is 0 Å². The van der Waals surface area contributed by atoms with Crippen LogP contribution in [0.2, 0.25) is 0 Å². The largest absolute Gasteiger partial charge is 0.359 e. The summed E-state index contributed by atoms with van der Waals surface area (Å²) in [6.07, 6.45) is 6.39. The first-order valence-electron chi connectivity index (χ1n) is 4.35. The molecule has 0 N–H and O–H groups in total. The summed E-state index contributed by atoms with van der Waals surface area (Å²) >= 11 is 1.56. The van der Waals surface area contributed by atoms with Gasteiger partial charge in [-0.05, 0) is 18.6 Å². The van der Waals surface area contributed by atoms with Gasteiger partial charge in [-0.25, -0.2) is 0 Å². The van der Waals surface area contributed by atoms with E-state index in [0.29, 0.717) is 0 Å². The van der Waals surface area contributed by atoms with E-state index in [9.17, 15) is 4.79 Å². The van der Waals surface area contributed by atoms with E-state index in [-0.39, 0.29) is 0 Å². The van der Waals surface area contributed by atoms with Gasteiger partial charge in [-0.1, -0.05) is 12.2 Å². The average molecular weight is 193 g/mol. The maximum absolute atomic E-state index is 10.5. The van der Waals surface area contributed by atoms with Gasteiger partial charge >= 0.3 is 0 Å². The Morgan fingerprint density at radius 3 is 2.92 bits per heavy atom. The minimum atomic E-state index is 0.810. The summed E-state index contributed by atoms with van der Waals surface area (Å²) in [5.41, 5.74) is 0. The second kappa shape index (κ2) is 3.75. The summed E-state index contributed by atoms with van der Waals surface area (Å²) in [5.74, 6) is 0. The summed E-state index contributed by atoms with van der Waals surface area (Å²) in [4.78, 5) is 13.6. The monoisotopic (exact) mass is 193 g/mol. The van der Waals surface area contributed by atoms with Crippen molar-refractivity contribution in [3.8, 4) is 0 Å². The molecule has 1 aliphatic rings. The third-order valence-corrected chi connectivity index (χ3v) is 3.17. The maximum atomic E-state index is 10.5. The molecule has 2 heterocycles. The maximum Gasteiger partial charge on any atom is 0.160 e. The van der Waals surface area contributed by atoms with Gasteiger partial charge in [0.15, 0.2) is 6.29 Å². The first-order valence-corrected chi connectivity index (χ1v) is 5.17. The molecule has 0 aromatic carbocycles. The smallest absolute Gasteiger partial charge is 0.160 e. The van der Waals surface area contributed by atoms with E-state index in [1.54, 1.807) is 11.3 Å². The molecule has 2 rings (SSSR count). The Kier molecular flexibility index (Phi) is 2.45. The van der Waals surface area contributed by atoms with Crippen LogP contribution in [-0.4, -0.2) is 19.4 Å². The number of thiophene rings is 1. The van der Waals surface area contributed by atoms with E-state index in [1.807, 2.05) is 12.1 Å². The number of hydrogen-bond acceptors (Lipinski definition) is 3. The van der Waals surface area contributed by atoms with E-state index in [4.69, 9.17) is 0 Å². The highest BCUT2D eigenvalue weighted by atomic mass is 32.1. The molecule has 0 fully saturated rings. The fourth-order valence-corrected chi connectivity index (χ4v) is 2.27. The Labute approximate surface area is 81.5 Å². The average Bonchev–Trinajstić information content (AvgIpc) is 2.67. The van der Waals surface area contributed by atoms with Crippen LogP contribution >= 0.6 is 11.3 Å². The van der Waals surface area contributed by atoms with Crippen molar-refractivity contribution in [3.63, 3.8) is 0 Å². The number of carbonyl (C=O) groups excluding carboxylic acids is 1. The number of nitrogens with zero attached hydrogens (tertiary/aromatic N) is 1. The first-order chi connectivity index (χ1) is 6.40. The van der Waals surface area contributed by atoms with Gasteiger partial charge in [0.1, 0.15) is 0 Å². The molecule has 3 heteroatoms. The zero-order chi connectivity index (χ0) is 9.10. The van der Waals surface area contributed by atoms with Crippen molar-refractivity contribution in [2.75, 3.05) is 18.0 Å². The Morgan fingerprint density at radius 2 is 2.31 bits per heavy atom. The normalized spacial score (nSPS) is 16.2. The lowest BCUT2D eigenvalue weighted by atomic mass is 10.2. The van der Waals surface area contributed by atoms with Crippen molar-refractivity contribution in [1.29, 1.82) is 0 Å². The highest BCUT2D eigenvalue weighted by Gasteiger charge is 2.09. The van der Waals surface area contributed by atoms with Gasteiger partial charge in [0.2, 0.25) is 0 Å². The van der Waals surface area contributed by atoms with Gasteiger partial charge in [0.05, 0.1) is 9.88 Å². The highest BCUT2D eigenvalue weighted by Crippen LogP contribution is 2.25. The molecule has 0 atom stereocenters. The standard InChI is InChI=1S/C10H11NOS/c12-8-9-4-5-10(13-9)11-6-2-1-3-7-11/h1-2,4-5,8H,3,6-7H2. The van der Waals surface area contributed by atoms with Crippen LogP contribution in [0.25, 0.3) is 0 Å². The number of carbonyl (C=O) groups is 1. The predicted molar refractivity (Wildman–Crippen MR) is 55.7 cm³/mol. The second-order valence-corrected chi connectivity index (χ2v) is 4.09. The number of aldehydes is 1. The van der Waals surface area contributed by atoms with E-state index in [1.165, 1.54) is 5.00 Å². The molecular formula is C10H11NOS. The third-order valence-electron chi connectivity index (χ3n) is 2.10. The van der Waals surface area contributed by atoms with Gasteiger partial charge in [0.25, 0.3) is 0 Å². The van der Waals surface area contributed by atoms with Crippen molar-refractivity contribution < 1.29 is 4.79 Å². The fraction of sp³-hybridized carbons (Fsp3) is 0.300. The Bertz CT molecular complexity index is 329. The molecule has 1 aliphatic heterocycles. The molecule has 68 valence electrons. The van der Waals surface area contributed by atoms with Gasteiger partial charge in [-0.3, -0.25) is 4.79 Å². The van der Waals surface area contributed by atoms with Crippen LogP contribution in [0.15, 0.2) is 24.3 Å². The van der Waals surface area contributed by atoms with Gasteiger partial charge < -0.3 is 4.90 Å². The van der Waals surface area contributed by atoms with Gasteiger partial charge in [0, 0.05) is 13.1 Å². The summed E-state index contributed by atoms with van der Waals surface area (Å²) in [7, 11) is 0. The third kappa shape index (κ3) is 1.80. The van der Waals surface area contributed by atoms with E-state index in [0.717, 1.165) is 30.7 Å². The summed E-state index contributed by atoms with van der Waals surface area (Å²) in [6, 6.07) is 3.90. The molecule has 0 saturated heterocycles. The van der Waals surface area contributed by atoms with E-state index in [2.05, 4.69) is 17.1 Å². The van der Waals surface area contributed by atoms with Crippen LogP contribution in [0.3, 0.4) is 0 Å². The summed E-state index contributed by atoms with van der Waals surface area (Å²) in [6.45, 7) is 2.04. The Hall–Kier alpha value is -1.09. The SMILES string of the molecule is O=Cc1ccc(N2CC=CCC2)s1. The topological polar surface area (TPSA) is 20.3 Å². The lowest BCUT2D eigenvalue weighted by Gasteiger charge is -2.23. The molecule has 0 spiro atoms. The molecule has 1 aromatic heterocycles. The molecular weight excluding hydrogens is 182 g/mol. The molecule has 0 aliphatic carbocycles. The molecule has 0 radical (unpaired) electrons. The quantitative estimate of drug-likeness (QED) is 0.530. The van der Waals surface area contributed by atoms with Gasteiger partial charge in [-0.15, -0.1) is 11.3 Å². The number of anilines is 1. The first kappa shape index (κ1) is 8.51. The lowest BCUT2D eigenvalue weighted by molar-refractivity contribution is 0.112. The van der Waals surface area contributed by atoms with Crippen molar-refractivity contribution in [2.24, 2.45) is 0 Å². The van der Waals surface area contributed by atoms with Crippen molar-refractivity contribution >= 4 is 22.6 Å². The summed E-state index contributed by atoms with van der Waals surface area (Å²) in [5, 5.41) is 1.20. The van der Waals surface area contributed by atoms with Crippen LogP contribution in [0.1, 0.15) is 16.1 Å². The minimum absolute atomic E-state index is 0.810. The van der Waals surface area contributed by atoms with Gasteiger partial charge in [-0.2, -0.15) is 0 Å². The van der Waals surface area contributed by atoms with Crippen LogP contribution in [0.4, 0.5) is 5.00 Å². The second-order valence-electron chi connectivity index (χ2n) is 3.00. The molecule has 0 bridgehead atoms. The molecule has 0 amide bonds. The molecule has 1 aromatic rings. The fourth-order valence-electron chi connectivity index (χ4n) is 1.42. The van der Waals surface area contributed by atoms with E-state index < -0.39 is 0 Å². The minimum Gasteiger partial charge on any atom is -0.359 e. The van der Waals surface area contributed by atoms with Crippen molar-refractivity contribution in [1.82, 2.24) is 0 Å². The Balaban J connectivity index is 2.15. The molecule has 2 nitrogen and oxygen atoms in total. The van der Waals surface area contributed by atoms with Crippen molar-refractivity contribution in [3.05, 3.63) is 29.2 Å². The van der Waals surface area contributed by atoms with Crippen LogP contribution in [-0.2, 0) is 0 Å². The number of rotatable bonds is 2. The van der Waals surface area contributed by atoms with E-state index >= 15 is 0 Å². The molecule has 13 heavy (non-hydrogen) atoms. The molecule has 0 unspecified atom stereocenters. The van der Waals surface area contributed by atoms with Crippen LogP contribution < -0.4 is 4.90 Å². The zero-order valence-electron chi connectivity index (χ0n) is 7.27. The predicted octanol–water partition coefficient (Wildman–Crippen LogP) is 2.33.